The van der Waals surface area contributed by atoms with Gasteiger partial charge in [0.2, 0.25) is 0 Å². The molecule has 0 bridgehead atoms. The van der Waals surface area contributed by atoms with Gasteiger partial charge in [-0.25, -0.2) is 9.59 Å². The van der Waals surface area contributed by atoms with Crippen LogP contribution in [0.1, 0.15) is 30.6 Å². The van der Waals surface area contributed by atoms with Crippen molar-refractivity contribution in [3.63, 3.8) is 0 Å². The predicted molar refractivity (Wildman–Crippen MR) is 88.3 cm³/mol. The van der Waals surface area contributed by atoms with E-state index in [1.54, 1.807) is 6.92 Å². The number of methoxy groups -OCH3 is 2. The minimum atomic E-state index is -0.867. The van der Waals surface area contributed by atoms with Gasteiger partial charge in [-0.15, -0.1) is 0 Å². The van der Waals surface area contributed by atoms with Crippen LogP contribution in [0, 0.1) is 5.92 Å². The van der Waals surface area contributed by atoms with Crippen molar-refractivity contribution < 1.29 is 33.7 Å². The van der Waals surface area contributed by atoms with Crippen LogP contribution in [0.4, 0.5) is 0 Å². The van der Waals surface area contributed by atoms with E-state index in [2.05, 4.69) is 10.1 Å². The number of esters is 2. The Kier molecular flexibility index (Phi) is 7.71. The Morgan fingerprint density at radius 1 is 1.24 bits per heavy atom. The minimum absolute atomic E-state index is 0.0972. The van der Waals surface area contributed by atoms with Gasteiger partial charge < -0.3 is 24.6 Å². The Bertz CT molecular complexity index is 629. The molecule has 1 amide bonds. The molecule has 0 aromatic heterocycles. The third-order valence-corrected chi connectivity index (χ3v) is 3.74. The van der Waals surface area contributed by atoms with E-state index in [-0.39, 0.29) is 17.2 Å². The monoisotopic (exact) mass is 353 g/mol. The molecule has 0 spiro atoms. The maximum Gasteiger partial charge on any atom is 0.342 e. The number of nitrogens with one attached hydrogen (secondary N) is 1. The van der Waals surface area contributed by atoms with E-state index in [0.717, 1.165) is 0 Å². The zero-order valence-electron chi connectivity index (χ0n) is 14.7. The first-order valence-corrected chi connectivity index (χ1v) is 7.75. The molecule has 8 nitrogen and oxygen atoms in total. The minimum Gasteiger partial charge on any atom is -0.507 e. The van der Waals surface area contributed by atoms with Gasteiger partial charge in [0, 0.05) is 6.07 Å². The van der Waals surface area contributed by atoms with Crippen LogP contribution in [0.3, 0.4) is 0 Å². The Balaban J connectivity index is 2.65. The summed E-state index contributed by atoms with van der Waals surface area (Å²) in [5, 5.41) is 12.3. The van der Waals surface area contributed by atoms with Crippen LogP contribution in [0.2, 0.25) is 0 Å². The van der Waals surface area contributed by atoms with Crippen LogP contribution in [-0.4, -0.2) is 49.8 Å². The van der Waals surface area contributed by atoms with E-state index in [4.69, 9.17) is 9.47 Å². The van der Waals surface area contributed by atoms with Crippen LogP contribution < -0.4 is 10.1 Å². The predicted octanol–water partition coefficient (Wildman–Crippen LogP) is 1.26. The van der Waals surface area contributed by atoms with Crippen LogP contribution >= 0.6 is 0 Å². The lowest BCUT2D eigenvalue weighted by Gasteiger charge is -2.21. The summed E-state index contributed by atoms with van der Waals surface area (Å²) in [6, 6.07) is 3.24. The summed E-state index contributed by atoms with van der Waals surface area (Å²) in [6.07, 6.45) is 0.652. The standard InChI is InChI=1S/C17H23NO7/c1-5-10(2)15(17(22)24-4)18-14(20)9-25-16(21)12-7-6-11(23-3)8-13(12)19/h6-8,10,15,19H,5,9H2,1-4H3,(H,18,20). The average molecular weight is 353 g/mol. The van der Waals surface area contributed by atoms with Gasteiger partial charge in [0.25, 0.3) is 5.91 Å². The summed E-state index contributed by atoms with van der Waals surface area (Å²) in [6.45, 7) is 3.08. The third kappa shape index (κ3) is 5.66. The van der Waals surface area contributed by atoms with Crippen LogP contribution in [0.15, 0.2) is 18.2 Å². The largest absolute Gasteiger partial charge is 0.507 e. The van der Waals surface area contributed by atoms with E-state index in [0.29, 0.717) is 12.2 Å². The highest BCUT2D eigenvalue weighted by molar-refractivity contribution is 5.94. The van der Waals surface area contributed by atoms with E-state index in [1.807, 2.05) is 6.92 Å². The maximum atomic E-state index is 11.9. The second kappa shape index (κ2) is 9.51. The van der Waals surface area contributed by atoms with Gasteiger partial charge in [-0.05, 0) is 18.1 Å². The number of phenolic OH excluding ortho intramolecular Hbond substituents is 1. The van der Waals surface area contributed by atoms with E-state index >= 15 is 0 Å². The topological polar surface area (TPSA) is 111 Å². The van der Waals surface area contributed by atoms with E-state index in [9.17, 15) is 19.5 Å². The molecule has 25 heavy (non-hydrogen) atoms. The van der Waals surface area contributed by atoms with E-state index in [1.165, 1.54) is 32.4 Å². The highest BCUT2D eigenvalue weighted by Gasteiger charge is 2.27. The van der Waals surface area contributed by atoms with Crippen molar-refractivity contribution in [3.8, 4) is 11.5 Å². The molecule has 0 fully saturated rings. The van der Waals surface area contributed by atoms with Crippen LogP contribution in [0.25, 0.3) is 0 Å². The quantitative estimate of drug-likeness (QED) is 0.677. The Hall–Kier alpha value is -2.77. The number of carbonyl (C=O) groups excluding carboxylic acids is 3. The molecule has 1 aromatic rings. The van der Waals surface area contributed by atoms with Gasteiger partial charge in [0.15, 0.2) is 6.61 Å². The van der Waals surface area contributed by atoms with Gasteiger partial charge >= 0.3 is 11.9 Å². The number of benzene rings is 1. The van der Waals surface area contributed by atoms with Crippen molar-refractivity contribution in [2.45, 2.75) is 26.3 Å². The fourth-order valence-corrected chi connectivity index (χ4v) is 2.03. The number of rotatable bonds is 8. The maximum absolute atomic E-state index is 11.9. The number of amides is 1. The number of ether oxygens (including phenoxy) is 3. The molecule has 2 N–H and O–H groups in total. The lowest BCUT2D eigenvalue weighted by molar-refractivity contribution is -0.147. The molecule has 0 heterocycles. The normalized spacial score (nSPS) is 12.6. The molecular weight excluding hydrogens is 330 g/mol. The second-order valence-electron chi connectivity index (χ2n) is 5.41. The molecule has 2 unspecified atom stereocenters. The number of carbonyl (C=O) groups is 3. The summed E-state index contributed by atoms with van der Waals surface area (Å²) in [7, 11) is 2.66. The van der Waals surface area contributed by atoms with Crippen molar-refractivity contribution in [1.29, 1.82) is 0 Å². The molecular formula is C17H23NO7. The summed E-state index contributed by atoms with van der Waals surface area (Å²) in [4.78, 5) is 35.6. The van der Waals surface area contributed by atoms with Crippen molar-refractivity contribution in [3.05, 3.63) is 23.8 Å². The lowest BCUT2D eigenvalue weighted by atomic mass is 9.99. The van der Waals surface area contributed by atoms with Crippen molar-refractivity contribution in [1.82, 2.24) is 5.32 Å². The summed E-state index contributed by atoms with van der Waals surface area (Å²) < 4.78 is 14.4. The zero-order chi connectivity index (χ0) is 19.0. The Labute approximate surface area is 146 Å². The molecule has 0 saturated heterocycles. The first-order valence-electron chi connectivity index (χ1n) is 7.75. The van der Waals surface area contributed by atoms with Crippen LogP contribution in [0.5, 0.6) is 11.5 Å². The highest BCUT2D eigenvalue weighted by atomic mass is 16.5. The number of phenols is 1. The molecule has 138 valence electrons. The average Bonchev–Trinajstić information content (AvgIpc) is 2.62. The lowest BCUT2D eigenvalue weighted by Crippen LogP contribution is -2.47. The van der Waals surface area contributed by atoms with Crippen molar-refractivity contribution in [2.24, 2.45) is 5.92 Å². The van der Waals surface area contributed by atoms with Crippen molar-refractivity contribution in [2.75, 3.05) is 20.8 Å². The fraction of sp³-hybridized carbons (Fsp3) is 0.471. The van der Waals surface area contributed by atoms with Gasteiger partial charge in [0.1, 0.15) is 23.1 Å². The van der Waals surface area contributed by atoms with Gasteiger partial charge in [0.05, 0.1) is 14.2 Å². The number of hydrogen-bond acceptors (Lipinski definition) is 7. The third-order valence-electron chi connectivity index (χ3n) is 3.74. The molecule has 2 atom stereocenters. The molecule has 0 aliphatic heterocycles. The second-order valence-corrected chi connectivity index (χ2v) is 5.41. The SMILES string of the molecule is CCC(C)C(NC(=O)COC(=O)c1ccc(OC)cc1O)C(=O)OC. The molecule has 1 aromatic carbocycles. The zero-order valence-corrected chi connectivity index (χ0v) is 14.7. The van der Waals surface area contributed by atoms with Crippen molar-refractivity contribution >= 4 is 17.8 Å². The Morgan fingerprint density at radius 2 is 1.92 bits per heavy atom. The highest BCUT2D eigenvalue weighted by Crippen LogP contribution is 2.23. The fourth-order valence-electron chi connectivity index (χ4n) is 2.03. The summed E-state index contributed by atoms with van der Waals surface area (Å²) >= 11 is 0. The first kappa shape index (κ1) is 20.3. The van der Waals surface area contributed by atoms with Gasteiger partial charge in [-0.2, -0.15) is 0 Å². The molecule has 8 heteroatoms. The molecule has 0 radical (unpaired) electrons. The smallest absolute Gasteiger partial charge is 0.342 e. The molecule has 0 aliphatic carbocycles. The van der Waals surface area contributed by atoms with Gasteiger partial charge in [-0.1, -0.05) is 20.3 Å². The summed E-state index contributed by atoms with van der Waals surface area (Å²) in [5.41, 5.74) is -0.0972. The molecule has 0 aliphatic rings. The van der Waals surface area contributed by atoms with E-state index < -0.39 is 30.5 Å². The number of hydrogen-bond donors (Lipinski definition) is 2. The summed E-state index contributed by atoms with van der Waals surface area (Å²) in [5.74, 6) is -2.16. The molecule has 0 saturated carbocycles. The molecule has 1 rings (SSSR count). The number of aromatic hydroxyl groups is 1. The van der Waals surface area contributed by atoms with Crippen LogP contribution in [-0.2, 0) is 19.1 Å². The first-order chi connectivity index (χ1) is 11.8. The Morgan fingerprint density at radius 3 is 2.44 bits per heavy atom. The van der Waals surface area contributed by atoms with Gasteiger partial charge in [-0.3, -0.25) is 4.79 Å².